The van der Waals surface area contributed by atoms with Crippen molar-refractivity contribution in [1.82, 2.24) is 24.6 Å². The lowest BCUT2D eigenvalue weighted by atomic mass is 10.1. The Hall–Kier alpha value is -3.88. The van der Waals surface area contributed by atoms with E-state index in [2.05, 4.69) is 20.0 Å². The number of halogens is 1. The molecule has 16 heteroatoms. The Morgan fingerprint density at radius 3 is 2.79 bits per heavy atom. The summed E-state index contributed by atoms with van der Waals surface area (Å²) < 4.78 is 58.2. The highest BCUT2D eigenvalue weighted by Gasteiger charge is 2.47. The van der Waals surface area contributed by atoms with Crippen LogP contribution in [0.1, 0.15) is 20.1 Å². The molecule has 1 aliphatic heterocycles. The summed E-state index contributed by atoms with van der Waals surface area (Å²) in [6.45, 7) is 2.60. The molecule has 14 nitrogen and oxygen atoms in total. The first kappa shape index (κ1) is 29.6. The van der Waals surface area contributed by atoms with Crippen LogP contribution in [0.5, 0.6) is 11.6 Å². The van der Waals surface area contributed by atoms with Gasteiger partial charge in [0.25, 0.3) is 0 Å². The number of aliphatic hydroxyl groups is 1. The van der Waals surface area contributed by atoms with Crippen molar-refractivity contribution in [2.24, 2.45) is 0 Å². The Morgan fingerprint density at radius 1 is 1.26 bits per heavy atom. The summed E-state index contributed by atoms with van der Waals surface area (Å²) in [6, 6.07) is 11.3. The molecule has 4 aromatic rings. The van der Waals surface area contributed by atoms with Gasteiger partial charge in [0.15, 0.2) is 23.6 Å². The molecule has 0 saturated carbocycles. The van der Waals surface area contributed by atoms with Crippen LogP contribution in [0.3, 0.4) is 0 Å². The van der Waals surface area contributed by atoms with E-state index in [4.69, 9.17) is 29.0 Å². The third-order valence-electron chi connectivity index (χ3n) is 6.54. The van der Waals surface area contributed by atoms with Crippen molar-refractivity contribution in [3.05, 3.63) is 48.8 Å². The van der Waals surface area contributed by atoms with E-state index in [-0.39, 0.29) is 35.3 Å². The van der Waals surface area contributed by atoms with Crippen LogP contribution in [0.15, 0.2) is 48.8 Å². The molecule has 0 spiro atoms. The summed E-state index contributed by atoms with van der Waals surface area (Å²) in [7, 11) is -2.98. The molecular weight excluding hydrogens is 574 g/mol. The van der Waals surface area contributed by atoms with Crippen LogP contribution in [0.2, 0.25) is 0 Å². The zero-order valence-electron chi connectivity index (χ0n) is 22.9. The summed E-state index contributed by atoms with van der Waals surface area (Å²) in [4.78, 5) is 24.5. The van der Waals surface area contributed by atoms with Crippen LogP contribution >= 0.6 is 7.75 Å². The fourth-order valence-corrected chi connectivity index (χ4v) is 6.04. The van der Waals surface area contributed by atoms with Crippen molar-refractivity contribution >= 4 is 41.6 Å². The predicted octanol–water partition coefficient (Wildman–Crippen LogP) is 2.91. The normalized spacial score (nSPS) is 22.6. The summed E-state index contributed by atoms with van der Waals surface area (Å²) in [6.07, 6.45) is -5.08. The number of hydrogen-bond donors (Lipinski definition) is 3. The minimum Gasteiger partial charge on any atom is -0.479 e. The first-order valence-electron chi connectivity index (χ1n) is 13.0. The molecule has 1 saturated heterocycles. The molecule has 3 heterocycles. The number of aliphatic hydroxyl groups excluding tert-OH is 1. The molecule has 1 unspecified atom stereocenters. The zero-order valence-corrected chi connectivity index (χ0v) is 23.8. The van der Waals surface area contributed by atoms with Crippen molar-refractivity contribution in [3.8, 4) is 11.6 Å². The Kier molecular flexibility index (Phi) is 8.57. The van der Waals surface area contributed by atoms with Crippen LogP contribution in [-0.2, 0) is 23.4 Å². The molecule has 1 aliphatic rings. The quantitative estimate of drug-likeness (QED) is 0.168. The van der Waals surface area contributed by atoms with Crippen LogP contribution in [-0.4, -0.2) is 75.3 Å². The minimum absolute atomic E-state index is 0.0819. The number of methoxy groups -OCH3 is 1. The van der Waals surface area contributed by atoms with Crippen LogP contribution in [0, 0.1) is 0 Å². The number of imidazole rings is 1. The van der Waals surface area contributed by atoms with Crippen molar-refractivity contribution in [3.63, 3.8) is 0 Å². The highest BCUT2D eigenvalue weighted by Crippen LogP contribution is 2.48. The number of nitrogens with two attached hydrogens (primary N) is 1. The van der Waals surface area contributed by atoms with E-state index in [1.54, 1.807) is 31.2 Å². The number of aromatic nitrogens is 4. The van der Waals surface area contributed by atoms with Gasteiger partial charge in [-0.1, -0.05) is 36.4 Å². The highest BCUT2D eigenvalue weighted by atomic mass is 31.2. The number of hydrogen-bond acceptors (Lipinski definition) is 12. The third kappa shape index (κ3) is 5.87. The number of esters is 1. The maximum absolute atomic E-state index is 15.4. The molecule has 2 aromatic carbocycles. The average molecular weight is 605 g/mol. The van der Waals surface area contributed by atoms with Gasteiger partial charge in [-0.2, -0.15) is 15.1 Å². The smallest absolute Gasteiger partial charge is 0.459 e. The number of nitrogen functional groups attached to an aromatic ring is 1. The topological polar surface area (TPSA) is 182 Å². The summed E-state index contributed by atoms with van der Waals surface area (Å²) in [5.41, 5.74) is 6.09. The van der Waals surface area contributed by atoms with Crippen molar-refractivity contribution in [2.45, 2.75) is 44.5 Å². The Bertz CT molecular complexity index is 1630. The Labute approximate surface area is 239 Å². The maximum atomic E-state index is 15.4. The van der Waals surface area contributed by atoms with Crippen molar-refractivity contribution in [2.75, 3.05) is 26.1 Å². The fourth-order valence-electron chi connectivity index (χ4n) is 4.52. The molecule has 224 valence electrons. The number of carbonyl (C=O) groups is 1. The third-order valence-corrected chi connectivity index (χ3v) is 8.17. The SMILES string of the molecule is CCOC(=O)[C@H](C)NP(=O)(OC[C@H]1O[C@@H](n2cnc3c(OC)nc(N)nc32)[C@H](F)[C@@H]1O)Oc1cccc2ccccc12. The van der Waals surface area contributed by atoms with E-state index >= 15 is 4.39 Å². The van der Waals surface area contributed by atoms with Crippen LogP contribution < -0.4 is 20.1 Å². The fraction of sp³-hybridized carbons (Fsp3) is 0.385. The first-order chi connectivity index (χ1) is 20.1. The first-order valence-corrected chi connectivity index (χ1v) is 14.6. The average Bonchev–Trinajstić information content (AvgIpc) is 3.51. The number of carbonyl (C=O) groups excluding carboxylic acids is 1. The van der Waals surface area contributed by atoms with Gasteiger partial charge in [-0.25, -0.2) is 13.9 Å². The van der Waals surface area contributed by atoms with E-state index in [0.29, 0.717) is 5.39 Å². The lowest BCUT2D eigenvalue weighted by Gasteiger charge is -2.25. The van der Waals surface area contributed by atoms with Gasteiger partial charge in [0.05, 0.1) is 26.7 Å². The molecule has 4 N–H and O–H groups in total. The minimum atomic E-state index is -4.35. The van der Waals surface area contributed by atoms with Gasteiger partial charge in [-0.15, -0.1) is 0 Å². The molecule has 42 heavy (non-hydrogen) atoms. The number of ether oxygens (including phenoxy) is 3. The predicted molar refractivity (Wildman–Crippen MR) is 148 cm³/mol. The molecule has 0 amide bonds. The number of benzene rings is 2. The molecule has 0 radical (unpaired) electrons. The van der Waals surface area contributed by atoms with Gasteiger partial charge in [0, 0.05) is 5.39 Å². The standard InChI is InChI=1S/C26H30FN6O8P/c1-4-38-25(35)14(2)32-42(36,41-17-11-7-9-15-8-5-6-10-16(15)17)39-12-18-21(34)19(27)24(40-18)33-13-29-20-22(33)30-26(28)31-23(20)37-3/h5-11,13-14,18-19,21,24,34H,4,12H2,1-3H3,(H,32,36)(H2,28,30,31)/t14-,18+,19+,21+,24+,42?/m0/s1. The molecule has 1 fully saturated rings. The number of alkyl halides is 1. The second-order valence-electron chi connectivity index (χ2n) is 9.38. The summed E-state index contributed by atoms with van der Waals surface area (Å²) in [5, 5.41) is 14.7. The zero-order chi connectivity index (χ0) is 30.0. The molecule has 2 aromatic heterocycles. The number of fused-ring (bicyclic) bond motifs is 2. The lowest BCUT2D eigenvalue weighted by Crippen LogP contribution is -2.37. The summed E-state index contributed by atoms with van der Waals surface area (Å²) in [5.74, 6) is -0.528. The molecule has 0 bridgehead atoms. The molecule has 5 rings (SSSR count). The van der Waals surface area contributed by atoms with Gasteiger partial charge in [0.2, 0.25) is 11.8 Å². The molecule has 6 atom stereocenters. The number of rotatable bonds is 11. The lowest BCUT2D eigenvalue weighted by molar-refractivity contribution is -0.144. The van der Waals surface area contributed by atoms with E-state index in [9.17, 15) is 14.5 Å². The van der Waals surface area contributed by atoms with Crippen molar-refractivity contribution < 1.29 is 42.1 Å². The van der Waals surface area contributed by atoms with Gasteiger partial charge in [0.1, 0.15) is 24.0 Å². The van der Waals surface area contributed by atoms with E-state index in [0.717, 1.165) is 5.39 Å². The Balaban J connectivity index is 1.39. The van der Waals surface area contributed by atoms with E-state index < -0.39 is 51.0 Å². The molecule has 0 aliphatic carbocycles. The van der Waals surface area contributed by atoms with Crippen LogP contribution in [0.4, 0.5) is 10.3 Å². The van der Waals surface area contributed by atoms with Gasteiger partial charge < -0.3 is 29.6 Å². The monoisotopic (exact) mass is 604 g/mol. The second kappa shape index (κ2) is 12.2. The second-order valence-corrected chi connectivity index (χ2v) is 11.1. The van der Waals surface area contributed by atoms with E-state index in [1.807, 2.05) is 18.2 Å². The number of anilines is 1. The van der Waals surface area contributed by atoms with E-state index in [1.165, 1.54) is 24.9 Å². The highest BCUT2D eigenvalue weighted by molar-refractivity contribution is 7.52. The van der Waals surface area contributed by atoms with Gasteiger partial charge >= 0.3 is 13.7 Å². The van der Waals surface area contributed by atoms with Crippen molar-refractivity contribution in [1.29, 1.82) is 0 Å². The Morgan fingerprint density at radius 2 is 2.02 bits per heavy atom. The largest absolute Gasteiger partial charge is 0.479 e. The van der Waals surface area contributed by atoms with Crippen LogP contribution in [0.25, 0.3) is 21.9 Å². The van der Waals surface area contributed by atoms with Gasteiger partial charge in [-0.3, -0.25) is 13.9 Å². The van der Waals surface area contributed by atoms with Gasteiger partial charge in [-0.05, 0) is 25.3 Å². The maximum Gasteiger partial charge on any atom is 0.459 e. The summed E-state index contributed by atoms with van der Waals surface area (Å²) >= 11 is 0. The molecular formula is C26H30FN6O8P. The number of nitrogens with one attached hydrogen (secondary N) is 1. The number of nitrogens with zero attached hydrogens (tertiary/aromatic N) is 4.